The van der Waals surface area contributed by atoms with E-state index in [0.717, 1.165) is 5.92 Å². The van der Waals surface area contributed by atoms with Gasteiger partial charge in [-0.25, -0.2) is 0 Å². The second-order valence-electron chi connectivity index (χ2n) is 6.47. The number of hydrogen-bond donors (Lipinski definition) is 1. The summed E-state index contributed by atoms with van der Waals surface area (Å²) in [4.78, 5) is 11.6. The molecule has 0 aliphatic heterocycles. The van der Waals surface area contributed by atoms with Crippen LogP contribution in [0.25, 0.3) is 0 Å². The lowest BCUT2D eigenvalue weighted by Crippen LogP contribution is -2.39. The van der Waals surface area contributed by atoms with Crippen LogP contribution in [-0.4, -0.2) is 24.2 Å². The van der Waals surface area contributed by atoms with Crippen LogP contribution in [0.1, 0.15) is 66.2 Å². The molecule has 1 saturated carbocycles. The van der Waals surface area contributed by atoms with Crippen LogP contribution in [0.2, 0.25) is 0 Å². The van der Waals surface area contributed by atoms with Crippen LogP contribution in [-0.2, 0) is 9.53 Å². The molecule has 0 atom stereocenters. The van der Waals surface area contributed by atoms with Crippen LogP contribution < -0.4 is 5.32 Å². The van der Waals surface area contributed by atoms with Gasteiger partial charge in [0.25, 0.3) is 0 Å². The van der Waals surface area contributed by atoms with Gasteiger partial charge in [0.15, 0.2) is 0 Å². The summed E-state index contributed by atoms with van der Waals surface area (Å²) in [5.41, 5.74) is -0.377. The molecular weight excluding hydrogens is 226 g/mol. The molecule has 0 amide bonds. The fraction of sp³-hybridized carbons (Fsp3) is 0.933. The highest BCUT2D eigenvalue weighted by atomic mass is 16.6. The normalized spacial score (nSPS) is 24.9. The van der Waals surface area contributed by atoms with Crippen LogP contribution in [0.5, 0.6) is 0 Å². The van der Waals surface area contributed by atoms with Gasteiger partial charge >= 0.3 is 5.97 Å². The Bertz CT molecular complexity index is 250. The molecule has 1 rings (SSSR count). The summed E-state index contributed by atoms with van der Waals surface area (Å²) in [7, 11) is 0. The molecular formula is C15H29NO2. The van der Waals surface area contributed by atoms with Crippen molar-refractivity contribution in [1.29, 1.82) is 0 Å². The first-order valence-electron chi connectivity index (χ1n) is 7.36. The highest BCUT2D eigenvalue weighted by Gasteiger charge is 2.22. The van der Waals surface area contributed by atoms with Gasteiger partial charge in [0.05, 0.1) is 6.54 Å². The fourth-order valence-electron chi connectivity index (χ4n) is 2.67. The van der Waals surface area contributed by atoms with Gasteiger partial charge in [0, 0.05) is 6.04 Å². The summed E-state index contributed by atoms with van der Waals surface area (Å²) >= 11 is 0. The molecule has 1 fully saturated rings. The topological polar surface area (TPSA) is 38.3 Å². The van der Waals surface area contributed by atoms with Gasteiger partial charge in [-0.1, -0.05) is 19.8 Å². The van der Waals surface area contributed by atoms with Crippen molar-refractivity contribution in [3.63, 3.8) is 0 Å². The van der Waals surface area contributed by atoms with Gasteiger partial charge in [-0.05, 0) is 52.4 Å². The molecule has 1 aliphatic rings. The van der Waals surface area contributed by atoms with Gasteiger partial charge in [0.1, 0.15) is 5.60 Å². The van der Waals surface area contributed by atoms with E-state index in [1.54, 1.807) is 0 Å². The van der Waals surface area contributed by atoms with E-state index in [1.165, 1.54) is 38.5 Å². The van der Waals surface area contributed by atoms with E-state index in [4.69, 9.17) is 4.74 Å². The number of rotatable bonds is 5. The molecule has 3 nitrogen and oxygen atoms in total. The minimum Gasteiger partial charge on any atom is -0.459 e. The number of nitrogens with one attached hydrogen (secondary N) is 1. The maximum atomic E-state index is 11.6. The third kappa shape index (κ3) is 6.39. The summed E-state index contributed by atoms with van der Waals surface area (Å²) in [5, 5.41) is 3.33. The van der Waals surface area contributed by atoms with Crippen LogP contribution in [0.3, 0.4) is 0 Å². The SMILES string of the molecule is CCCC1CCC(NCC(=O)OC(C)(C)C)CC1. The van der Waals surface area contributed by atoms with Crippen molar-refractivity contribution in [3.8, 4) is 0 Å². The molecule has 3 heteroatoms. The Morgan fingerprint density at radius 3 is 2.33 bits per heavy atom. The number of ether oxygens (including phenoxy) is 1. The van der Waals surface area contributed by atoms with Gasteiger partial charge in [-0.2, -0.15) is 0 Å². The van der Waals surface area contributed by atoms with Crippen molar-refractivity contribution >= 4 is 5.97 Å². The molecule has 0 aromatic carbocycles. The Morgan fingerprint density at radius 2 is 1.83 bits per heavy atom. The van der Waals surface area contributed by atoms with Crippen molar-refractivity contribution in [2.75, 3.05) is 6.54 Å². The Balaban J connectivity index is 2.16. The third-order valence-corrected chi connectivity index (χ3v) is 3.50. The summed E-state index contributed by atoms with van der Waals surface area (Å²) < 4.78 is 5.29. The van der Waals surface area contributed by atoms with E-state index < -0.39 is 0 Å². The van der Waals surface area contributed by atoms with E-state index in [9.17, 15) is 4.79 Å². The van der Waals surface area contributed by atoms with Crippen LogP contribution >= 0.6 is 0 Å². The van der Waals surface area contributed by atoms with Crippen LogP contribution in [0.4, 0.5) is 0 Å². The van der Waals surface area contributed by atoms with Gasteiger partial charge < -0.3 is 10.1 Å². The van der Waals surface area contributed by atoms with Gasteiger partial charge in [0.2, 0.25) is 0 Å². The zero-order valence-electron chi connectivity index (χ0n) is 12.4. The fourth-order valence-corrected chi connectivity index (χ4v) is 2.67. The molecule has 0 radical (unpaired) electrons. The zero-order chi connectivity index (χ0) is 13.6. The van der Waals surface area contributed by atoms with Crippen LogP contribution in [0, 0.1) is 5.92 Å². The monoisotopic (exact) mass is 255 g/mol. The Kier molecular flexibility index (Phi) is 6.13. The first-order chi connectivity index (χ1) is 8.40. The van der Waals surface area contributed by atoms with Crippen LogP contribution in [0.15, 0.2) is 0 Å². The lowest BCUT2D eigenvalue weighted by Gasteiger charge is -2.29. The predicted octanol–water partition coefficient (Wildman–Crippen LogP) is 3.28. The lowest BCUT2D eigenvalue weighted by atomic mass is 9.83. The van der Waals surface area contributed by atoms with Crippen molar-refractivity contribution in [2.24, 2.45) is 5.92 Å². The molecule has 1 N–H and O–H groups in total. The average molecular weight is 255 g/mol. The van der Waals surface area contributed by atoms with Crippen molar-refractivity contribution in [3.05, 3.63) is 0 Å². The smallest absolute Gasteiger partial charge is 0.320 e. The van der Waals surface area contributed by atoms with Gasteiger partial charge in [-0.3, -0.25) is 4.79 Å². The standard InChI is InChI=1S/C15H29NO2/c1-5-6-12-7-9-13(10-8-12)16-11-14(17)18-15(2,3)4/h12-13,16H,5-11H2,1-4H3. The lowest BCUT2D eigenvalue weighted by molar-refractivity contribution is -0.153. The quantitative estimate of drug-likeness (QED) is 0.766. The van der Waals surface area contributed by atoms with E-state index in [0.29, 0.717) is 12.6 Å². The molecule has 0 heterocycles. The minimum absolute atomic E-state index is 0.141. The molecule has 0 bridgehead atoms. The highest BCUT2D eigenvalue weighted by molar-refractivity contribution is 5.72. The molecule has 0 unspecified atom stereocenters. The molecule has 0 spiro atoms. The second-order valence-corrected chi connectivity index (χ2v) is 6.47. The summed E-state index contributed by atoms with van der Waals surface area (Å²) in [6.07, 6.45) is 7.67. The van der Waals surface area contributed by atoms with E-state index in [-0.39, 0.29) is 11.6 Å². The number of esters is 1. The first-order valence-corrected chi connectivity index (χ1v) is 7.36. The maximum Gasteiger partial charge on any atom is 0.320 e. The molecule has 18 heavy (non-hydrogen) atoms. The van der Waals surface area contributed by atoms with E-state index >= 15 is 0 Å². The molecule has 0 aromatic heterocycles. The molecule has 0 aromatic rings. The Hall–Kier alpha value is -0.570. The predicted molar refractivity (Wildman–Crippen MR) is 74.5 cm³/mol. The van der Waals surface area contributed by atoms with E-state index in [1.807, 2.05) is 20.8 Å². The number of carbonyl (C=O) groups excluding carboxylic acids is 1. The molecule has 0 saturated heterocycles. The first kappa shape index (κ1) is 15.5. The Labute approximate surface area is 112 Å². The highest BCUT2D eigenvalue weighted by Crippen LogP contribution is 2.27. The molecule has 106 valence electrons. The third-order valence-electron chi connectivity index (χ3n) is 3.50. The number of carbonyl (C=O) groups is 1. The molecule has 1 aliphatic carbocycles. The summed E-state index contributed by atoms with van der Waals surface area (Å²) in [6, 6.07) is 0.505. The number of hydrogen-bond acceptors (Lipinski definition) is 3. The second kappa shape index (κ2) is 7.13. The largest absolute Gasteiger partial charge is 0.459 e. The van der Waals surface area contributed by atoms with Crippen molar-refractivity contribution < 1.29 is 9.53 Å². The summed E-state index contributed by atoms with van der Waals surface area (Å²) in [6.45, 7) is 8.32. The van der Waals surface area contributed by atoms with E-state index in [2.05, 4.69) is 12.2 Å². The average Bonchev–Trinajstić information content (AvgIpc) is 2.26. The summed E-state index contributed by atoms with van der Waals surface area (Å²) in [5.74, 6) is 0.771. The Morgan fingerprint density at radius 1 is 1.22 bits per heavy atom. The maximum absolute atomic E-state index is 11.6. The van der Waals surface area contributed by atoms with Crippen molar-refractivity contribution in [1.82, 2.24) is 5.32 Å². The zero-order valence-corrected chi connectivity index (χ0v) is 12.4. The minimum atomic E-state index is -0.377. The van der Waals surface area contributed by atoms with Crippen molar-refractivity contribution in [2.45, 2.75) is 77.9 Å². The van der Waals surface area contributed by atoms with Gasteiger partial charge in [-0.15, -0.1) is 0 Å².